The molecule has 16 heteroatoms. The zero-order chi connectivity index (χ0) is 42.8. The molecule has 0 aromatic heterocycles. The first-order valence-corrected chi connectivity index (χ1v) is 22.6. The maximum Gasteiger partial charge on any atom is 0.524 e. The number of hydrogen-bond donors (Lipinski definition) is 5. The van der Waals surface area contributed by atoms with Crippen LogP contribution in [0.2, 0.25) is 0 Å². The van der Waals surface area contributed by atoms with Gasteiger partial charge in [-0.2, -0.15) is 0 Å². The Labute approximate surface area is 350 Å². The normalized spacial score (nSPS) is 15.7. The monoisotopic (exact) mass is 868 g/mol. The van der Waals surface area contributed by atoms with E-state index in [9.17, 15) is 38.6 Å². The Kier molecular flexibility index (Phi) is 12.7. The van der Waals surface area contributed by atoms with E-state index in [2.05, 4.69) is 18.2 Å². The van der Waals surface area contributed by atoms with E-state index < -0.39 is 27.0 Å². The van der Waals surface area contributed by atoms with Crippen LogP contribution in [0.15, 0.2) is 138 Å². The fourth-order valence-electron chi connectivity index (χ4n) is 7.22. The number of aliphatic hydroxyl groups excluding tert-OH is 1. The second-order valence-corrected chi connectivity index (χ2v) is 17.7. The first-order valence-electron chi connectivity index (χ1n) is 18.6. The number of likely N-dealkylation sites (N-methyl/N-ethyl adjacent to an activating group) is 1. The first kappa shape index (κ1) is 42.9. The summed E-state index contributed by atoms with van der Waals surface area (Å²) in [5.41, 5.74) is 2.24. The molecule has 2 atom stereocenters. The minimum Gasteiger partial charge on any atom is -0.497 e. The highest BCUT2D eigenvalue weighted by atomic mass is 32.2. The van der Waals surface area contributed by atoms with Gasteiger partial charge in [0.25, 0.3) is 5.91 Å². The van der Waals surface area contributed by atoms with Gasteiger partial charge in [0.05, 0.1) is 18.0 Å². The van der Waals surface area contributed by atoms with Crippen molar-refractivity contribution in [2.24, 2.45) is 0 Å². The fourth-order valence-corrected chi connectivity index (χ4v) is 9.35. The Hall–Kier alpha value is -5.24. The predicted molar refractivity (Wildman–Crippen MR) is 235 cm³/mol. The molecule has 7 aromatic carbocycles. The number of phosphoric ester groups is 2. The third kappa shape index (κ3) is 9.53. The zero-order valence-corrected chi connectivity index (χ0v) is 35.3. The van der Waals surface area contributed by atoms with E-state index in [-0.39, 0.29) is 28.5 Å². The van der Waals surface area contributed by atoms with E-state index in [4.69, 9.17) is 13.8 Å². The van der Waals surface area contributed by atoms with Crippen molar-refractivity contribution in [1.82, 2.24) is 4.90 Å². The van der Waals surface area contributed by atoms with Gasteiger partial charge in [0.1, 0.15) is 23.4 Å². The van der Waals surface area contributed by atoms with Crippen molar-refractivity contribution in [1.29, 1.82) is 0 Å². The van der Waals surface area contributed by atoms with E-state index in [0.717, 1.165) is 43.4 Å². The van der Waals surface area contributed by atoms with E-state index in [0.29, 0.717) is 23.9 Å². The van der Waals surface area contributed by atoms with Gasteiger partial charge in [-0.05, 0) is 83.0 Å². The van der Waals surface area contributed by atoms with Crippen LogP contribution in [0, 0.1) is 0 Å². The van der Waals surface area contributed by atoms with Crippen molar-refractivity contribution in [3.63, 3.8) is 0 Å². The minimum atomic E-state index is -4.92. The average molecular weight is 869 g/mol. The molecule has 7 aromatic rings. The molecular weight excluding hydrogens is 827 g/mol. The maximum absolute atomic E-state index is 13.5. The molecule has 13 nitrogen and oxygen atoms in total. The highest BCUT2D eigenvalue weighted by Crippen LogP contribution is 2.52. The number of ether oxygens (including phenoxy) is 1. The molecule has 0 fully saturated rings. The molecule has 8 rings (SSSR count). The molecule has 1 amide bonds. The first-order chi connectivity index (χ1) is 28.6. The number of phosphoric acid groups is 2. The summed E-state index contributed by atoms with van der Waals surface area (Å²) in [6.45, 7) is 1.22. The third-order valence-electron chi connectivity index (χ3n) is 9.88. The van der Waals surface area contributed by atoms with Crippen LogP contribution in [-0.2, 0) is 13.9 Å². The van der Waals surface area contributed by atoms with Gasteiger partial charge in [-0.15, -0.1) is 11.8 Å². The van der Waals surface area contributed by atoms with Crippen LogP contribution < -0.4 is 18.7 Å². The summed E-state index contributed by atoms with van der Waals surface area (Å²) in [5.74, 6) is 0.186. The molecule has 0 unspecified atom stereocenters. The minimum absolute atomic E-state index is 0.144. The number of carbonyl (C=O) groups excluding carboxylic acids is 1. The van der Waals surface area contributed by atoms with Gasteiger partial charge >= 0.3 is 15.6 Å². The SMILES string of the molecule is COc1ccc([C@@H]2Sc3cccc4cccc(c34)N(CCN(C)C)C(=O)[C@@H]2O)cc1.O=P(O)(O)Oc1ccc2ccccc2c1-c1c(OP(=O)(O)O)ccc2ccccc12. The van der Waals surface area contributed by atoms with Crippen molar-refractivity contribution >= 4 is 71.3 Å². The Morgan fingerprint density at radius 3 is 1.70 bits per heavy atom. The molecule has 1 aliphatic heterocycles. The average Bonchev–Trinajstić information content (AvgIpc) is 3.21. The molecule has 1 aliphatic rings. The summed E-state index contributed by atoms with van der Waals surface area (Å²) >= 11 is 1.54. The molecule has 1 heterocycles. The number of fused-ring (bicyclic) bond motifs is 2. The van der Waals surface area contributed by atoms with Gasteiger partial charge in [0.2, 0.25) is 0 Å². The van der Waals surface area contributed by atoms with E-state index in [1.165, 1.54) is 23.9 Å². The van der Waals surface area contributed by atoms with Crippen LogP contribution in [0.25, 0.3) is 43.4 Å². The van der Waals surface area contributed by atoms with Gasteiger partial charge in [-0.1, -0.05) is 97.1 Å². The number of nitrogens with zero attached hydrogens (tertiary/aromatic N) is 2. The van der Waals surface area contributed by atoms with Crippen molar-refractivity contribution < 1.29 is 52.4 Å². The summed E-state index contributed by atoms with van der Waals surface area (Å²) in [4.78, 5) is 56.0. The quantitative estimate of drug-likeness (QED) is 0.0824. The summed E-state index contributed by atoms with van der Waals surface area (Å²) in [6.07, 6.45) is -1.16. The molecule has 0 aliphatic carbocycles. The smallest absolute Gasteiger partial charge is 0.497 e. The van der Waals surface area contributed by atoms with E-state index in [1.807, 2.05) is 61.5 Å². The lowest BCUT2D eigenvalue weighted by atomic mass is 9.92. The Morgan fingerprint density at radius 2 is 1.18 bits per heavy atom. The summed E-state index contributed by atoms with van der Waals surface area (Å²) in [7, 11) is -4.26. The van der Waals surface area contributed by atoms with Crippen LogP contribution in [0.4, 0.5) is 5.69 Å². The molecular formula is C44H42N2O11P2S. The lowest BCUT2D eigenvalue weighted by molar-refractivity contribution is -0.126. The second-order valence-electron chi connectivity index (χ2n) is 14.2. The number of hydrogen-bond acceptors (Lipinski definition) is 9. The second kappa shape index (κ2) is 17.8. The number of amides is 1. The van der Waals surface area contributed by atoms with Crippen LogP contribution in [-0.4, -0.2) is 75.9 Å². The van der Waals surface area contributed by atoms with Crippen molar-refractivity contribution in [3.05, 3.63) is 139 Å². The van der Waals surface area contributed by atoms with Gasteiger partial charge < -0.3 is 28.7 Å². The fraction of sp³-hybridized carbons (Fsp3) is 0.159. The van der Waals surface area contributed by atoms with Gasteiger partial charge in [0.15, 0.2) is 0 Å². The number of carbonyl (C=O) groups is 1. The molecule has 0 saturated carbocycles. The number of aliphatic hydroxyl groups is 1. The number of anilines is 1. The molecule has 60 heavy (non-hydrogen) atoms. The standard InChI is InChI=1S/C24H26N2O3S.C20H16O8P2/c1-25(2)14-15-26-19-8-4-6-16-7-5-9-20(21(16)19)30-23(22(27)24(26)28)17-10-12-18(29-3)13-11-17;21-29(22,23)27-17-11-9-13-5-1-3-7-15(13)19(17)20-16-8-4-2-6-14(16)10-12-18(20)28-30(24,25)26/h4-13,22-23,27H,14-15H2,1-3H3;1-12H,(H2,21,22,23)(H2,24,25,26)/t22-,23+;/m1./s1. The van der Waals surface area contributed by atoms with Crippen molar-refractivity contribution in [2.75, 3.05) is 39.2 Å². The predicted octanol–water partition coefficient (Wildman–Crippen LogP) is 8.55. The van der Waals surface area contributed by atoms with Crippen molar-refractivity contribution in [3.8, 4) is 28.4 Å². The summed E-state index contributed by atoms with van der Waals surface area (Å²) in [5, 5.41) is 15.5. The van der Waals surface area contributed by atoms with Gasteiger partial charge in [-0.3, -0.25) is 24.4 Å². The van der Waals surface area contributed by atoms with Gasteiger partial charge in [-0.25, -0.2) is 9.13 Å². The molecule has 0 bridgehead atoms. The highest BCUT2D eigenvalue weighted by Gasteiger charge is 2.36. The van der Waals surface area contributed by atoms with Crippen LogP contribution >= 0.6 is 27.4 Å². The lowest BCUT2D eigenvalue weighted by Gasteiger charge is -2.33. The third-order valence-corrected chi connectivity index (χ3v) is 12.1. The molecule has 5 N–H and O–H groups in total. The number of thioether (sulfide) groups is 1. The zero-order valence-electron chi connectivity index (χ0n) is 32.7. The summed E-state index contributed by atoms with van der Waals surface area (Å²) < 4.78 is 38.4. The van der Waals surface area contributed by atoms with Crippen LogP contribution in [0.3, 0.4) is 0 Å². The van der Waals surface area contributed by atoms with E-state index >= 15 is 0 Å². The Morgan fingerprint density at radius 1 is 0.667 bits per heavy atom. The largest absolute Gasteiger partial charge is 0.524 e. The number of methoxy groups -OCH3 is 1. The summed E-state index contributed by atoms with van der Waals surface area (Å²) in [6, 6.07) is 39.9. The molecule has 0 saturated heterocycles. The van der Waals surface area contributed by atoms with Gasteiger partial charge in [0, 0.05) is 34.5 Å². The molecule has 310 valence electrons. The van der Waals surface area contributed by atoms with Crippen LogP contribution in [0.5, 0.6) is 17.2 Å². The number of benzene rings is 7. The number of rotatable bonds is 10. The van der Waals surface area contributed by atoms with Crippen LogP contribution in [0.1, 0.15) is 10.8 Å². The lowest BCUT2D eigenvalue weighted by Crippen LogP contribution is -2.45. The molecule has 0 radical (unpaired) electrons. The highest BCUT2D eigenvalue weighted by molar-refractivity contribution is 7.99. The topological polar surface area (TPSA) is 187 Å². The van der Waals surface area contributed by atoms with Crippen molar-refractivity contribution in [2.45, 2.75) is 16.2 Å². The Bertz CT molecular complexity index is 2680. The van der Waals surface area contributed by atoms with E-state index in [1.54, 1.807) is 72.7 Å². The maximum atomic E-state index is 13.5. The molecule has 0 spiro atoms. The Balaban J connectivity index is 0.000000181.